The van der Waals surface area contributed by atoms with E-state index in [2.05, 4.69) is 47.8 Å². The van der Waals surface area contributed by atoms with Gasteiger partial charge in [0.1, 0.15) is 5.75 Å². The molecule has 1 aromatic carbocycles. The number of phenols is 1. The number of hydrogen-bond donors (Lipinski definition) is 2. The van der Waals surface area contributed by atoms with Crippen LogP contribution in [0.4, 0.5) is 0 Å². The van der Waals surface area contributed by atoms with Gasteiger partial charge >= 0.3 is 0 Å². The zero-order chi connectivity index (χ0) is 12.6. The molecule has 0 aliphatic carbocycles. The van der Waals surface area contributed by atoms with E-state index in [1.807, 2.05) is 17.5 Å². The Morgan fingerprint density at radius 3 is 2.53 bits per heavy atom. The molecule has 0 aliphatic heterocycles. The van der Waals surface area contributed by atoms with Crippen molar-refractivity contribution in [3.63, 3.8) is 0 Å². The highest BCUT2D eigenvalue weighted by atomic mass is 79.9. The first-order valence-electron chi connectivity index (χ1n) is 4.67. The lowest BCUT2D eigenvalue weighted by Crippen LogP contribution is -2.11. The first kappa shape index (κ1) is 13.5. The van der Waals surface area contributed by atoms with Gasteiger partial charge in [0.25, 0.3) is 0 Å². The third-order valence-electron chi connectivity index (χ3n) is 2.34. The lowest BCUT2D eigenvalue weighted by molar-refractivity contribution is 0.467. The van der Waals surface area contributed by atoms with Crippen molar-refractivity contribution in [2.45, 2.75) is 6.04 Å². The quantitative estimate of drug-likeness (QED) is 0.703. The van der Waals surface area contributed by atoms with Crippen LogP contribution in [0.15, 0.2) is 37.0 Å². The average Bonchev–Trinajstić information content (AvgIpc) is 2.79. The molecule has 0 spiro atoms. The normalized spacial score (nSPS) is 12.7. The summed E-state index contributed by atoms with van der Waals surface area (Å²) in [5.74, 6) is 0.162. The molecule has 0 unspecified atom stereocenters. The van der Waals surface area contributed by atoms with E-state index >= 15 is 0 Å². The second-order valence-electron chi connectivity index (χ2n) is 3.41. The minimum Gasteiger partial charge on any atom is -0.506 e. The maximum absolute atomic E-state index is 9.89. The van der Waals surface area contributed by atoms with Crippen molar-refractivity contribution in [1.29, 1.82) is 0 Å². The van der Waals surface area contributed by atoms with Crippen LogP contribution in [0.25, 0.3) is 0 Å². The Hall–Kier alpha value is 0.120. The lowest BCUT2D eigenvalue weighted by Gasteiger charge is -2.16. The van der Waals surface area contributed by atoms with E-state index in [9.17, 15) is 5.11 Å². The fourth-order valence-corrected chi connectivity index (χ4v) is 4.84. The predicted octanol–water partition coefficient (Wildman–Crippen LogP) is 4.79. The van der Waals surface area contributed by atoms with Crippen molar-refractivity contribution in [2.24, 2.45) is 5.73 Å². The van der Waals surface area contributed by atoms with E-state index in [4.69, 9.17) is 5.73 Å². The Bertz CT molecular complexity index is 542. The number of halogens is 3. The average molecular weight is 442 g/mol. The number of benzene rings is 1. The zero-order valence-electron chi connectivity index (χ0n) is 8.45. The fraction of sp³-hybridized carbons (Fsp3) is 0.0909. The van der Waals surface area contributed by atoms with Gasteiger partial charge in [0.2, 0.25) is 0 Å². The second-order valence-corrected chi connectivity index (χ2v) is 6.89. The fourth-order valence-electron chi connectivity index (χ4n) is 1.49. The summed E-state index contributed by atoms with van der Waals surface area (Å²) in [5.41, 5.74) is 7.05. The minimum atomic E-state index is -0.266. The van der Waals surface area contributed by atoms with Crippen molar-refractivity contribution >= 4 is 59.1 Å². The van der Waals surface area contributed by atoms with Crippen LogP contribution in [0.2, 0.25) is 0 Å². The summed E-state index contributed by atoms with van der Waals surface area (Å²) < 4.78 is 2.09. The Kier molecular flexibility index (Phi) is 4.31. The van der Waals surface area contributed by atoms with Crippen LogP contribution in [0.5, 0.6) is 5.75 Å². The molecule has 90 valence electrons. The standard InChI is InChI=1S/C11H8Br3NOS/c12-5-4-6(13)11(16)9(14)8(5)10(15)7-2-1-3-17-7/h1-4,10,16H,15H2/t10-/m1/s1. The summed E-state index contributed by atoms with van der Waals surface area (Å²) in [4.78, 5) is 1.05. The topological polar surface area (TPSA) is 46.2 Å². The van der Waals surface area contributed by atoms with Crippen molar-refractivity contribution in [3.8, 4) is 5.75 Å². The lowest BCUT2D eigenvalue weighted by atomic mass is 10.1. The molecule has 2 nitrogen and oxygen atoms in total. The third-order valence-corrected chi connectivity index (χ3v) is 5.36. The molecule has 0 saturated heterocycles. The third kappa shape index (κ3) is 2.61. The van der Waals surface area contributed by atoms with Crippen LogP contribution in [0.1, 0.15) is 16.5 Å². The van der Waals surface area contributed by atoms with Gasteiger partial charge in [-0.25, -0.2) is 0 Å². The molecule has 2 rings (SSSR count). The number of nitrogens with two attached hydrogens (primary N) is 1. The molecule has 3 N–H and O–H groups in total. The van der Waals surface area contributed by atoms with Crippen LogP contribution in [0, 0.1) is 0 Å². The molecule has 0 radical (unpaired) electrons. The summed E-state index contributed by atoms with van der Waals surface area (Å²) in [6.07, 6.45) is 0. The van der Waals surface area contributed by atoms with Crippen molar-refractivity contribution in [1.82, 2.24) is 0 Å². The number of thiophene rings is 1. The van der Waals surface area contributed by atoms with Gasteiger partial charge in [0.05, 0.1) is 15.0 Å². The van der Waals surface area contributed by atoms with Gasteiger partial charge in [-0.3, -0.25) is 0 Å². The molecule has 0 bridgehead atoms. The Morgan fingerprint density at radius 1 is 1.24 bits per heavy atom. The summed E-state index contributed by atoms with van der Waals surface area (Å²) in [6, 6.07) is 5.47. The van der Waals surface area contributed by atoms with Gasteiger partial charge in [0, 0.05) is 14.9 Å². The van der Waals surface area contributed by atoms with E-state index < -0.39 is 0 Å². The maximum atomic E-state index is 9.89. The van der Waals surface area contributed by atoms with Crippen LogP contribution >= 0.6 is 59.1 Å². The summed E-state index contributed by atoms with van der Waals surface area (Å²) in [7, 11) is 0. The minimum absolute atomic E-state index is 0.162. The van der Waals surface area contributed by atoms with E-state index in [1.54, 1.807) is 17.4 Å². The van der Waals surface area contributed by atoms with Gasteiger partial charge in [-0.1, -0.05) is 22.0 Å². The summed E-state index contributed by atoms with van der Waals surface area (Å²) in [6.45, 7) is 0. The van der Waals surface area contributed by atoms with Crippen LogP contribution in [-0.4, -0.2) is 5.11 Å². The van der Waals surface area contributed by atoms with Gasteiger partial charge in [-0.15, -0.1) is 11.3 Å². The van der Waals surface area contributed by atoms with Crippen LogP contribution in [0.3, 0.4) is 0 Å². The number of hydrogen-bond acceptors (Lipinski definition) is 3. The molecular weight excluding hydrogens is 434 g/mol. The number of aromatic hydroxyl groups is 1. The molecular formula is C11H8Br3NOS. The van der Waals surface area contributed by atoms with E-state index in [1.165, 1.54) is 0 Å². The molecule has 0 fully saturated rings. The smallest absolute Gasteiger partial charge is 0.144 e. The first-order chi connectivity index (χ1) is 8.02. The molecule has 0 aliphatic rings. The van der Waals surface area contributed by atoms with Gasteiger partial charge < -0.3 is 10.8 Å². The molecule has 1 atom stereocenters. The Balaban J connectivity index is 2.56. The summed E-state index contributed by atoms with van der Waals surface area (Å²) in [5, 5.41) is 11.9. The number of phenolic OH excluding ortho intramolecular Hbond substituents is 1. The van der Waals surface area contributed by atoms with Crippen molar-refractivity contribution in [2.75, 3.05) is 0 Å². The number of rotatable bonds is 2. The van der Waals surface area contributed by atoms with Crippen LogP contribution in [-0.2, 0) is 0 Å². The van der Waals surface area contributed by atoms with E-state index in [0.717, 1.165) is 14.9 Å². The van der Waals surface area contributed by atoms with Crippen LogP contribution < -0.4 is 5.73 Å². The van der Waals surface area contributed by atoms with E-state index in [0.29, 0.717) is 8.95 Å². The zero-order valence-corrected chi connectivity index (χ0v) is 14.0. The highest BCUT2D eigenvalue weighted by Crippen LogP contribution is 2.43. The molecule has 2 aromatic rings. The Labute approximate surface area is 128 Å². The molecule has 1 aromatic heterocycles. The highest BCUT2D eigenvalue weighted by Gasteiger charge is 2.20. The second kappa shape index (κ2) is 5.40. The summed E-state index contributed by atoms with van der Waals surface area (Å²) >= 11 is 11.7. The molecule has 0 saturated carbocycles. The van der Waals surface area contributed by atoms with Gasteiger partial charge in [-0.05, 0) is 49.4 Å². The SMILES string of the molecule is N[C@H](c1cccs1)c1c(Br)cc(Br)c(O)c1Br. The largest absolute Gasteiger partial charge is 0.506 e. The highest BCUT2D eigenvalue weighted by molar-refractivity contribution is 9.11. The van der Waals surface area contributed by atoms with Gasteiger partial charge in [-0.2, -0.15) is 0 Å². The van der Waals surface area contributed by atoms with Crippen molar-refractivity contribution in [3.05, 3.63) is 47.4 Å². The molecule has 17 heavy (non-hydrogen) atoms. The van der Waals surface area contributed by atoms with Crippen molar-refractivity contribution < 1.29 is 5.11 Å². The molecule has 0 amide bonds. The Morgan fingerprint density at radius 2 is 1.94 bits per heavy atom. The predicted molar refractivity (Wildman–Crippen MR) is 81.6 cm³/mol. The molecule has 6 heteroatoms. The van der Waals surface area contributed by atoms with Gasteiger partial charge in [0.15, 0.2) is 0 Å². The molecule has 1 heterocycles. The monoisotopic (exact) mass is 439 g/mol. The van der Waals surface area contributed by atoms with E-state index in [-0.39, 0.29) is 11.8 Å². The maximum Gasteiger partial charge on any atom is 0.144 e. The first-order valence-corrected chi connectivity index (χ1v) is 7.93.